The molecule has 2 rings (SSSR count). The van der Waals surface area contributed by atoms with Crippen LogP contribution in [-0.2, 0) is 4.74 Å². The van der Waals surface area contributed by atoms with Gasteiger partial charge in [-0.25, -0.2) is 0 Å². The van der Waals surface area contributed by atoms with Crippen molar-refractivity contribution in [2.45, 2.75) is 63.5 Å². The number of rotatable bonds is 2. The highest BCUT2D eigenvalue weighted by Gasteiger charge is 2.39. The molecule has 2 fully saturated rings. The van der Waals surface area contributed by atoms with Crippen molar-refractivity contribution in [2.24, 2.45) is 0 Å². The molecule has 0 aromatic carbocycles. The fraction of sp³-hybridized carbons (Fsp3) is 1.00. The largest absolute Gasteiger partial charge is 0.376 e. The molecule has 1 N–H and O–H groups in total. The van der Waals surface area contributed by atoms with E-state index in [4.69, 9.17) is 4.74 Å². The molecule has 0 aromatic rings. The molecule has 0 radical (unpaired) electrons. The van der Waals surface area contributed by atoms with Crippen LogP contribution in [0.25, 0.3) is 0 Å². The minimum atomic E-state index is 0.318. The van der Waals surface area contributed by atoms with E-state index < -0.39 is 0 Å². The van der Waals surface area contributed by atoms with E-state index in [1.54, 1.807) is 0 Å². The highest BCUT2D eigenvalue weighted by atomic mass is 16.5. The zero-order valence-corrected chi connectivity index (χ0v) is 9.35. The first kappa shape index (κ1) is 10.4. The molecule has 0 spiro atoms. The molecular formula is C12H23NO. The lowest BCUT2D eigenvalue weighted by molar-refractivity contribution is -0.0554. The smallest absolute Gasteiger partial charge is 0.0756 e. The molecule has 2 aliphatic rings. The lowest BCUT2D eigenvalue weighted by Crippen LogP contribution is -2.58. The molecule has 14 heavy (non-hydrogen) atoms. The van der Waals surface area contributed by atoms with E-state index in [2.05, 4.69) is 12.2 Å². The molecule has 0 aliphatic carbocycles. The summed E-state index contributed by atoms with van der Waals surface area (Å²) in [4.78, 5) is 0. The summed E-state index contributed by atoms with van der Waals surface area (Å²) >= 11 is 0. The molecule has 2 heteroatoms. The molecule has 2 aliphatic heterocycles. The zero-order chi connectivity index (χ0) is 9.86. The first-order chi connectivity index (χ1) is 6.87. The van der Waals surface area contributed by atoms with Gasteiger partial charge in [0.1, 0.15) is 0 Å². The van der Waals surface area contributed by atoms with Crippen molar-refractivity contribution in [3.8, 4) is 0 Å². The minimum Gasteiger partial charge on any atom is -0.376 e. The molecule has 2 unspecified atom stereocenters. The topological polar surface area (TPSA) is 21.3 Å². The van der Waals surface area contributed by atoms with Gasteiger partial charge in [-0.2, -0.15) is 0 Å². The van der Waals surface area contributed by atoms with E-state index in [0.717, 1.165) is 6.61 Å². The SMILES string of the molecule is CCC1(C2CCCCO2)CCCCN1. The van der Waals surface area contributed by atoms with Crippen molar-refractivity contribution in [3.63, 3.8) is 0 Å². The highest BCUT2D eigenvalue weighted by molar-refractivity contribution is 4.97. The van der Waals surface area contributed by atoms with Crippen molar-refractivity contribution >= 4 is 0 Å². The van der Waals surface area contributed by atoms with Crippen LogP contribution in [0.1, 0.15) is 51.9 Å². The van der Waals surface area contributed by atoms with Crippen molar-refractivity contribution < 1.29 is 4.74 Å². The second-order valence-electron chi connectivity index (χ2n) is 4.75. The van der Waals surface area contributed by atoms with E-state index in [1.807, 2.05) is 0 Å². The lowest BCUT2D eigenvalue weighted by atomic mass is 9.79. The van der Waals surface area contributed by atoms with E-state index in [1.165, 1.54) is 51.5 Å². The van der Waals surface area contributed by atoms with Crippen LogP contribution >= 0.6 is 0 Å². The molecule has 82 valence electrons. The van der Waals surface area contributed by atoms with Gasteiger partial charge in [0.15, 0.2) is 0 Å². The summed E-state index contributed by atoms with van der Waals surface area (Å²) in [5, 5.41) is 3.73. The summed E-state index contributed by atoms with van der Waals surface area (Å²) in [6, 6.07) is 0. The minimum absolute atomic E-state index is 0.318. The Morgan fingerprint density at radius 3 is 2.79 bits per heavy atom. The van der Waals surface area contributed by atoms with Crippen molar-refractivity contribution in [1.82, 2.24) is 5.32 Å². The molecule has 0 saturated carbocycles. The number of nitrogens with one attached hydrogen (secondary N) is 1. The third-order valence-corrected chi connectivity index (χ3v) is 3.95. The summed E-state index contributed by atoms with van der Waals surface area (Å²) in [6.45, 7) is 4.47. The molecule has 2 heterocycles. The second-order valence-corrected chi connectivity index (χ2v) is 4.75. The maximum Gasteiger partial charge on any atom is 0.0756 e. The summed E-state index contributed by atoms with van der Waals surface area (Å²) in [6.07, 6.45) is 9.62. The van der Waals surface area contributed by atoms with Crippen LogP contribution in [0.5, 0.6) is 0 Å². The highest BCUT2D eigenvalue weighted by Crippen LogP contribution is 2.32. The van der Waals surface area contributed by atoms with Gasteiger partial charge in [0.2, 0.25) is 0 Å². The van der Waals surface area contributed by atoms with Crippen molar-refractivity contribution in [1.29, 1.82) is 0 Å². The monoisotopic (exact) mass is 197 g/mol. The van der Waals surface area contributed by atoms with Gasteiger partial charge in [-0.15, -0.1) is 0 Å². The van der Waals surface area contributed by atoms with Gasteiger partial charge < -0.3 is 10.1 Å². The number of piperidine rings is 1. The Kier molecular flexibility index (Phi) is 3.45. The van der Waals surface area contributed by atoms with Crippen LogP contribution in [-0.4, -0.2) is 24.8 Å². The molecule has 0 bridgehead atoms. The standard InChI is InChI=1S/C12H23NO/c1-2-12(8-4-5-9-13-12)11-7-3-6-10-14-11/h11,13H,2-10H2,1H3. The molecule has 0 amide bonds. The van der Waals surface area contributed by atoms with Crippen LogP contribution in [0.4, 0.5) is 0 Å². The van der Waals surface area contributed by atoms with Gasteiger partial charge in [0.05, 0.1) is 6.10 Å². The predicted molar refractivity (Wildman–Crippen MR) is 58.5 cm³/mol. The molecule has 2 nitrogen and oxygen atoms in total. The number of hydrogen-bond acceptors (Lipinski definition) is 2. The third kappa shape index (κ3) is 1.96. The first-order valence-electron chi connectivity index (χ1n) is 6.24. The van der Waals surface area contributed by atoms with Crippen molar-refractivity contribution in [3.05, 3.63) is 0 Å². The quantitative estimate of drug-likeness (QED) is 0.734. The lowest BCUT2D eigenvalue weighted by Gasteiger charge is -2.45. The zero-order valence-electron chi connectivity index (χ0n) is 9.35. The Morgan fingerprint density at radius 2 is 2.21 bits per heavy atom. The Hall–Kier alpha value is -0.0800. The Morgan fingerprint density at radius 1 is 1.29 bits per heavy atom. The number of ether oxygens (including phenoxy) is 1. The predicted octanol–water partition coefficient (Wildman–Crippen LogP) is 2.48. The fourth-order valence-electron chi connectivity index (χ4n) is 2.97. The number of hydrogen-bond donors (Lipinski definition) is 1. The molecule has 0 aromatic heterocycles. The van der Waals surface area contributed by atoms with Gasteiger partial charge in [-0.05, 0) is 45.1 Å². The van der Waals surface area contributed by atoms with E-state index in [0.29, 0.717) is 11.6 Å². The Labute approximate surface area is 87.4 Å². The van der Waals surface area contributed by atoms with Gasteiger partial charge in [0.25, 0.3) is 0 Å². The maximum atomic E-state index is 5.95. The van der Waals surface area contributed by atoms with E-state index in [9.17, 15) is 0 Å². The van der Waals surface area contributed by atoms with Crippen LogP contribution in [0.15, 0.2) is 0 Å². The van der Waals surface area contributed by atoms with E-state index in [-0.39, 0.29) is 0 Å². The average Bonchev–Trinajstić information content (AvgIpc) is 2.31. The van der Waals surface area contributed by atoms with Gasteiger partial charge in [-0.3, -0.25) is 0 Å². The molecule has 2 saturated heterocycles. The van der Waals surface area contributed by atoms with Crippen LogP contribution in [0, 0.1) is 0 Å². The second kappa shape index (κ2) is 4.63. The van der Waals surface area contributed by atoms with Crippen LogP contribution < -0.4 is 5.32 Å². The molecule has 2 atom stereocenters. The van der Waals surface area contributed by atoms with Crippen LogP contribution in [0.3, 0.4) is 0 Å². The summed E-state index contributed by atoms with van der Waals surface area (Å²) in [5.74, 6) is 0. The summed E-state index contributed by atoms with van der Waals surface area (Å²) in [7, 11) is 0. The Balaban J connectivity index is 2.01. The maximum absolute atomic E-state index is 5.95. The normalized spacial score (nSPS) is 39.6. The van der Waals surface area contributed by atoms with Crippen LogP contribution in [0.2, 0.25) is 0 Å². The van der Waals surface area contributed by atoms with Crippen molar-refractivity contribution in [2.75, 3.05) is 13.2 Å². The third-order valence-electron chi connectivity index (χ3n) is 3.95. The van der Waals surface area contributed by atoms with Gasteiger partial charge >= 0.3 is 0 Å². The fourth-order valence-corrected chi connectivity index (χ4v) is 2.97. The van der Waals surface area contributed by atoms with Gasteiger partial charge in [0, 0.05) is 12.1 Å². The average molecular weight is 197 g/mol. The Bertz CT molecular complexity index is 169. The van der Waals surface area contributed by atoms with E-state index >= 15 is 0 Å². The summed E-state index contributed by atoms with van der Waals surface area (Å²) < 4.78 is 5.95. The molecular weight excluding hydrogens is 174 g/mol. The van der Waals surface area contributed by atoms with Gasteiger partial charge in [-0.1, -0.05) is 13.3 Å². The first-order valence-corrected chi connectivity index (χ1v) is 6.24. The summed E-state index contributed by atoms with van der Waals surface area (Å²) in [5.41, 5.74) is 0.318.